The molecule has 1 aliphatic carbocycles. The molecule has 0 aliphatic heterocycles. The third-order valence-corrected chi connectivity index (χ3v) is 3.52. The number of fused-ring (bicyclic) bond motifs is 1. The summed E-state index contributed by atoms with van der Waals surface area (Å²) in [6.45, 7) is 0. The van der Waals surface area contributed by atoms with Crippen LogP contribution < -0.4 is 5.56 Å². The Bertz CT molecular complexity index is 757. The van der Waals surface area contributed by atoms with Gasteiger partial charge in [0.15, 0.2) is 0 Å². The van der Waals surface area contributed by atoms with E-state index in [1.165, 1.54) is 0 Å². The summed E-state index contributed by atoms with van der Waals surface area (Å²) < 4.78 is 3.54. The third-order valence-electron chi connectivity index (χ3n) is 3.52. The molecule has 2 aromatic rings. The zero-order chi connectivity index (χ0) is 13.4. The van der Waals surface area contributed by atoms with Crippen LogP contribution in [0.3, 0.4) is 0 Å². The molecule has 1 heterocycles. The minimum atomic E-state index is -0.0591. The summed E-state index contributed by atoms with van der Waals surface area (Å²) in [7, 11) is 1.89. The molecule has 0 bridgehead atoms. The van der Waals surface area contributed by atoms with E-state index in [4.69, 9.17) is 5.26 Å². The first-order chi connectivity index (χ1) is 9.22. The van der Waals surface area contributed by atoms with Crippen molar-refractivity contribution in [1.29, 1.82) is 5.26 Å². The van der Waals surface area contributed by atoms with E-state index >= 15 is 0 Å². The van der Waals surface area contributed by atoms with Gasteiger partial charge in [0.25, 0.3) is 5.56 Å². The fourth-order valence-corrected chi connectivity index (χ4v) is 2.56. The van der Waals surface area contributed by atoms with E-state index in [1.54, 1.807) is 10.8 Å². The van der Waals surface area contributed by atoms with Crippen molar-refractivity contribution in [3.63, 3.8) is 0 Å². The van der Waals surface area contributed by atoms with Crippen LogP contribution in [-0.2, 0) is 13.5 Å². The van der Waals surface area contributed by atoms with Crippen molar-refractivity contribution in [3.8, 4) is 11.8 Å². The minimum Gasteiger partial charge on any atom is -0.284 e. The number of benzene rings is 1. The summed E-state index contributed by atoms with van der Waals surface area (Å²) in [6.07, 6.45) is 3.16. The van der Waals surface area contributed by atoms with E-state index in [0.717, 1.165) is 17.8 Å². The van der Waals surface area contributed by atoms with E-state index in [0.29, 0.717) is 17.6 Å². The van der Waals surface area contributed by atoms with Gasteiger partial charge >= 0.3 is 0 Å². The maximum atomic E-state index is 12.5. The smallest absolute Gasteiger partial charge is 0.278 e. The van der Waals surface area contributed by atoms with Gasteiger partial charge in [-0.05, 0) is 31.1 Å². The minimum absolute atomic E-state index is 0.0591. The molecule has 94 valence electrons. The quantitative estimate of drug-likeness (QED) is 0.778. The maximum absolute atomic E-state index is 12.5. The first-order valence-electron chi connectivity index (χ1n) is 6.19. The molecule has 3 rings (SSSR count). The molecular formula is C15H13N3O. The van der Waals surface area contributed by atoms with Crippen molar-refractivity contribution in [2.24, 2.45) is 7.05 Å². The summed E-state index contributed by atoms with van der Waals surface area (Å²) in [5, 5.41) is 8.97. The van der Waals surface area contributed by atoms with Gasteiger partial charge < -0.3 is 0 Å². The topological polar surface area (TPSA) is 50.7 Å². The zero-order valence-electron chi connectivity index (χ0n) is 10.6. The Labute approximate surface area is 110 Å². The summed E-state index contributed by atoms with van der Waals surface area (Å²) in [6, 6.07) is 11.7. The van der Waals surface area contributed by atoms with Crippen LogP contribution in [0.2, 0.25) is 0 Å². The van der Waals surface area contributed by atoms with Crippen LogP contribution >= 0.6 is 0 Å². The zero-order valence-corrected chi connectivity index (χ0v) is 10.6. The van der Waals surface area contributed by atoms with Gasteiger partial charge in [-0.15, -0.1) is 0 Å². The number of allylic oxidation sites excluding steroid dienone is 1. The van der Waals surface area contributed by atoms with Crippen molar-refractivity contribution in [3.05, 3.63) is 57.5 Å². The Balaban J connectivity index is 2.27. The van der Waals surface area contributed by atoms with Gasteiger partial charge in [0.05, 0.1) is 17.3 Å². The van der Waals surface area contributed by atoms with Crippen LogP contribution in [0, 0.1) is 11.3 Å². The second-order valence-corrected chi connectivity index (χ2v) is 4.62. The number of rotatable bonds is 1. The van der Waals surface area contributed by atoms with Crippen LogP contribution in [0.15, 0.2) is 40.7 Å². The predicted octanol–water partition coefficient (Wildman–Crippen LogP) is 2.03. The average molecular weight is 251 g/mol. The van der Waals surface area contributed by atoms with E-state index in [2.05, 4.69) is 6.07 Å². The molecule has 4 nitrogen and oxygen atoms in total. The van der Waals surface area contributed by atoms with Gasteiger partial charge in [-0.2, -0.15) is 5.26 Å². The molecule has 1 aliphatic rings. The SMILES string of the molecule is Cn1c2c(c(=O)n1-c1ccccc1)C=C(C#N)CC2. The lowest BCUT2D eigenvalue weighted by Crippen LogP contribution is -2.20. The van der Waals surface area contributed by atoms with E-state index in [9.17, 15) is 4.79 Å². The van der Waals surface area contributed by atoms with E-state index in [-0.39, 0.29) is 5.56 Å². The van der Waals surface area contributed by atoms with Crippen molar-refractivity contribution in [2.75, 3.05) is 0 Å². The summed E-state index contributed by atoms with van der Waals surface area (Å²) in [5.74, 6) is 0. The number of hydrogen-bond donors (Lipinski definition) is 0. The van der Waals surface area contributed by atoms with Crippen LogP contribution in [0.5, 0.6) is 0 Å². The van der Waals surface area contributed by atoms with Gasteiger partial charge in [-0.3, -0.25) is 9.48 Å². The molecule has 4 heteroatoms. The highest BCUT2D eigenvalue weighted by Gasteiger charge is 2.21. The molecule has 1 aromatic heterocycles. The second-order valence-electron chi connectivity index (χ2n) is 4.62. The van der Waals surface area contributed by atoms with Crippen molar-refractivity contribution in [1.82, 2.24) is 9.36 Å². The summed E-state index contributed by atoms with van der Waals surface area (Å²) in [5.41, 5.74) is 3.10. The highest BCUT2D eigenvalue weighted by atomic mass is 16.1. The lowest BCUT2D eigenvalue weighted by atomic mass is 9.99. The predicted molar refractivity (Wildman–Crippen MR) is 72.9 cm³/mol. The first kappa shape index (κ1) is 11.5. The molecule has 0 radical (unpaired) electrons. The van der Waals surface area contributed by atoms with E-state index < -0.39 is 0 Å². The molecule has 0 saturated carbocycles. The Morgan fingerprint density at radius 1 is 1.21 bits per heavy atom. The van der Waals surface area contributed by atoms with Crippen LogP contribution in [0.4, 0.5) is 0 Å². The van der Waals surface area contributed by atoms with Gasteiger partial charge in [-0.1, -0.05) is 18.2 Å². The number of nitrogens with zero attached hydrogens (tertiary/aromatic N) is 3. The molecule has 0 atom stereocenters. The van der Waals surface area contributed by atoms with Crippen molar-refractivity contribution < 1.29 is 0 Å². The standard InChI is InChI=1S/C15H13N3O/c1-17-14-8-7-11(10-16)9-13(14)15(19)18(17)12-5-3-2-4-6-12/h2-6,9H,7-8H2,1H3. The number of hydrogen-bond acceptors (Lipinski definition) is 2. The molecule has 0 N–H and O–H groups in total. The molecule has 1 aromatic carbocycles. The van der Waals surface area contributed by atoms with Gasteiger partial charge in [0, 0.05) is 18.3 Å². The highest BCUT2D eigenvalue weighted by Crippen LogP contribution is 2.22. The van der Waals surface area contributed by atoms with Crippen LogP contribution in [-0.4, -0.2) is 9.36 Å². The summed E-state index contributed by atoms with van der Waals surface area (Å²) in [4.78, 5) is 12.5. The van der Waals surface area contributed by atoms with Crippen molar-refractivity contribution in [2.45, 2.75) is 12.8 Å². The molecule has 19 heavy (non-hydrogen) atoms. The lowest BCUT2D eigenvalue weighted by Gasteiger charge is -2.11. The maximum Gasteiger partial charge on any atom is 0.278 e. The molecule has 0 amide bonds. The van der Waals surface area contributed by atoms with Crippen LogP contribution in [0.1, 0.15) is 17.7 Å². The Morgan fingerprint density at radius 2 is 1.95 bits per heavy atom. The normalized spacial score (nSPS) is 13.6. The van der Waals surface area contributed by atoms with Gasteiger partial charge in [-0.25, -0.2) is 4.68 Å². The van der Waals surface area contributed by atoms with Gasteiger partial charge in [0.1, 0.15) is 0 Å². The Hall–Kier alpha value is -2.54. The average Bonchev–Trinajstić information content (AvgIpc) is 2.71. The summed E-state index contributed by atoms with van der Waals surface area (Å²) >= 11 is 0. The van der Waals surface area contributed by atoms with Gasteiger partial charge in [0.2, 0.25) is 0 Å². The third kappa shape index (κ3) is 1.71. The second kappa shape index (κ2) is 4.29. The molecule has 0 spiro atoms. The Morgan fingerprint density at radius 3 is 2.63 bits per heavy atom. The molecule has 0 unspecified atom stereocenters. The Kier molecular flexibility index (Phi) is 2.60. The lowest BCUT2D eigenvalue weighted by molar-refractivity contribution is 0.612. The molecule has 0 fully saturated rings. The number of para-hydroxylation sites is 1. The first-order valence-corrected chi connectivity index (χ1v) is 6.19. The number of nitriles is 1. The number of aromatic nitrogens is 2. The van der Waals surface area contributed by atoms with Crippen LogP contribution in [0.25, 0.3) is 11.8 Å². The fourth-order valence-electron chi connectivity index (χ4n) is 2.56. The van der Waals surface area contributed by atoms with E-state index in [1.807, 2.05) is 42.1 Å². The highest BCUT2D eigenvalue weighted by molar-refractivity contribution is 5.61. The largest absolute Gasteiger partial charge is 0.284 e. The monoisotopic (exact) mass is 251 g/mol. The fraction of sp³-hybridized carbons (Fsp3) is 0.200. The molecular weight excluding hydrogens is 238 g/mol. The molecule has 0 saturated heterocycles. The van der Waals surface area contributed by atoms with Crippen molar-refractivity contribution >= 4 is 6.08 Å².